The molecule has 0 spiro atoms. The highest BCUT2D eigenvalue weighted by Crippen LogP contribution is 2.25. The zero-order valence-electron chi connectivity index (χ0n) is 13.5. The third kappa shape index (κ3) is 3.85. The van der Waals surface area contributed by atoms with Crippen LogP contribution in [-0.4, -0.2) is 24.3 Å². The highest BCUT2D eigenvalue weighted by atomic mass is 19.1. The van der Waals surface area contributed by atoms with Crippen LogP contribution in [0.3, 0.4) is 0 Å². The standard InChI is InChI=1S/C18H15F2N3O3/c19-13-3-1-11(2-4-13)17(25)21-22-18(26)12-9-16(24)23(10-12)15-7-5-14(20)6-8-15/h1-8,12H,9-10H2,(H,21,25)(H,22,26)/t12-/m0/s1. The molecule has 1 aliphatic rings. The number of amides is 3. The first-order chi connectivity index (χ1) is 12.4. The van der Waals surface area contributed by atoms with Gasteiger partial charge >= 0.3 is 0 Å². The zero-order valence-corrected chi connectivity index (χ0v) is 13.5. The molecule has 0 saturated carbocycles. The molecule has 1 fully saturated rings. The molecule has 3 rings (SSSR count). The summed E-state index contributed by atoms with van der Waals surface area (Å²) in [5.41, 5.74) is 5.18. The highest BCUT2D eigenvalue weighted by Gasteiger charge is 2.35. The van der Waals surface area contributed by atoms with Crippen LogP contribution in [0.1, 0.15) is 16.8 Å². The molecule has 3 amide bonds. The number of nitrogens with one attached hydrogen (secondary N) is 2. The highest BCUT2D eigenvalue weighted by molar-refractivity contribution is 6.01. The monoisotopic (exact) mass is 359 g/mol. The van der Waals surface area contributed by atoms with E-state index in [4.69, 9.17) is 0 Å². The molecule has 0 unspecified atom stereocenters. The Morgan fingerprint density at radius 3 is 2.12 bits per heavy atom. The summed E-state index contributed by atoms with van der Waals surface area (Å²) in [6.07, 6.45) is -0.0182. The lowest BCUT2D eigenvalue weighted by Crippen LogP contribution is -2.45. The van der Waals surface area contributed by atoms with E-state index in [9.17, 15) is 23.2 Å². The van der Waals surface area contributed by atoms with Gasteiger partial charge in [-0.3, -0.25) is 25.2 Å². The van der Waals surface area contributed by atoms with Crippen LogP contribution in [0.15, 0.2) is 48.5 Å². The molecule has 8 heteroatoms. The Kier molecular flexibility index (Phi) is 4.92. The predicted octanol–water partition coefficient (Wildman–Crippen LogP) is 1.78. The molecule has 26 heavy (non-hydrogen) atoms. The van der Waals surface area contributed by atoms with Crippen molar-refractivity contribution in [3.05, 3.63) is 65.7 Å². The third-order valence-electron chi connectivity index (χ3n) is 4.04. The van der Waals surface area contributed by atoms with Gasteiger partial charge in [-0.2, -0.15) is 0 Å². The van der Waals surface area contributed by atoms with E-state index in [1.165, 1.54) is 41.3 Å². The molecule has 134 valence electrons. The zero-order chi connectivity index (χ0) is 18.7. The fourth-order valence-corrected chi connectivity index (χ4v) is 2.65. The summed E-state index contributed by atoms with van der Waals surface area (Å²) in [7, 11) is 0. The average Bonchev–Trinajstić information content (AvgIpc) is 3.02. The summed E-state index contributed by atoms with van der Waals surface area (Å²) in [5.74, 6) is -2.92. The van der Waals surface area contributed by atoms with Crippen molar-refractivity contribution in [3.8, 4) is 0 Å². The van der Waals surface area contributed by atoms with Gasteiger partial charge in [0.25, 0.3) is 5.91 Å². The van der Waals surface area contributed by atoms with Gasteiger partial charge in [0.05, 0.1) is 5.92 Å². The minimum Gasteiger partial charge on any atom is -0.312 e. The Morgan fingerprint density at radius 1 is 0.923 bits per heavy atom. The van der Waals surface area contributed by atoms with Crippen LogP contribution in [0.2, 0.25) is 0 Å². The molecule has 0 radical (unpaired) electrons. The number of carbonyl (C=O) groups excluding carboxylic acids is 3. The quantitative estimate of drug-likeness (QED) is 0.820. The second-order valence-electron chi connectivity index (χ2n) is 5.83. The number of nitrogens with zero attached hydrogens (tertiary/aromatic N) is 1. The fourth-order valence-electron chi connectivity index (χ4n) is 2.65. The molecule has 0 aromatic heterocycles. The molecule has 6 nitrogen and oxygen atoms in total. The van der Waals surface area contributed by atoms with E-state index in [0.29, 0.717) is 5.69 Å². The summed E-state index contributed by atoms with van der Waals surface area (Å²) >= 11 is 0. The van der Waals surface area contributed by atoms with E-state index in [1.54, 1.807) is 0 Å². The fraction of sp³-hybridized carbons (Fsp3) is 0.167. The molecule has 0 bridgehead atoms. The summed E-state index contributed by atoms with van der Waals surface area (Å²) < 4.78 is 25.8. The van der Waals surface area contributed by atoms with Crippen LogP contribution in [-0.2, 0) is 9.59 Å². The van der Waals surface area contributed by atoms with Crippen molar-refractivity contribution in [1.82, 2.24) is 10.9 Å². The lowest BCUT2D eigenvalue weighted by molar-refractivity contribution is -0.126. The summed E-state index contributed by atoms with van der Waals surface area (Å²) in [5, 5.41) is 0. The summed E-state index contributed by atoms with van der Waals surface area (Å²) in [6.45, 7) is 0.128. The Labute approximate surface area is 147 Å². The molecule has 1 saturated heterocycles. The molecule has 2 N–H and O–H groups in total. The topological polar surface area (TPSA) is 78.5 Å². The number of hydrazine groups is 1. The average molecular weight is 359 g/mol. The smallest absolute Gasteiger partial charge is 0.269 e. The summed E-state index contributed by atoms with van der Waals surface area (Å²) in [6, 6.07) is 10.2. The van der Waals surface area contributed by atoms with Crippen LogP contribution in [0, 0.1) is 17.6 Å². The van der Waals surface area contributed by atoms with Crippen LogP contribution >= 0.6 is 0 Å². The van der Waals surface area contributed by atoms with E-state index in [1.807, 2.05) is 0 Å². The maximum atomic E-state index is 13.0. The molecule has 1 aliphatic heterocycles. The third-order valence-corrected chi connectivity index (χ3v) is 4.04. The van der Waals surface area contributed by atoms with Gasteiger partial charge in [-0.15, -0.1) is 0 Å². The largest absolute Gasteiger partial charge is 0.312 e. The number of anilines is 1. The molecule has 1 atom stereocenters. The van der Waals surface area contributed by atoms with Crippen molar-refractivity contribution in [3.63, 3.8) is 0 Å². The minimum absolute atomic E-state index is 0.0182. The van der Waals surface area contributed by atoms with Crippen molar-refractivity contribution in [2.75, 3.05) is 11.4 Å². The number of halogens is 2. The first kappa shape index (κ1) is 17.5. The van der Waals surface area contributed by atoms with Gasteiger partial charge in [0.2, 0.25) is 11.8 Å². The number of benzene rings is 2. The Morgan fingerprint density at radius 2 is 1.50 bits per heavy atom. The first-order valence-electron chi connectivity index (χ1n) is 7.86. The van der Waals surface area contributed by atoms with Crippen molar-refractivity contribution in [1.29, 1.82) is 0 Å². The van der Waals surface area contributed by atoms with Gasteiger partial charge in [-0.25, -0.2) is 8.78 Å². The number of rotatable bonds is 3. The lowest BCUT2D eigenvalue weighted by Gasteiger charge is -2.16. The van der Waals surface area contributed by atoms with Crippen molar-refractivity contribution < 1.29 is 23.2 Å². The molecular formula is C18H15F2N3O3. The van der Waals surface area contributed by atoms with Crippen LogP contribution in [0.25, 0.3) is 0 Å². The second kappa shape index (κ2) is 7.30. The first-order valence-corrected chi connectivity index (χ1v) is 7.86. The van der Waals surface area contributed by atoms with E-state index < -0.39 is 29.4 Å². The van der Waals surface area contributed by atoms with Crippen molar-refractivity contribution in [2.24, 2.45) is 5.92 Å². The number of hydrogen-bond acceptors (Lipinski definition) is 3. The Bertz CT molecular complexity index is 838. The van der Waals surface area contributed by atoms with Gasteiger partial charge in [-0.05, 0) is 48.5 Å². The Hall–Kier alpha value is -3.29. The molecular weight excluding hydrogens is 344 g/mol. The van der Waals surface area contributed by atoms with Gasteiger partial charge in [0.1, 0.15) is 11.6 Å². The molecule has 1 heterocycles. The van der Waals surface area contributed by atoms with Crippen molar-refractivity contribution in [2.45, 2.75) is 6.42 Å². The van der Waals surface area contributed by atoms with E-state index >= 15 is 0 Å². The van der Waals surface area contributed by atoms with Crippen molar-refractivity contribution >= 4 is 23.4 Å². The number of carbonyl (C=O) groups is 3. The lowest BCUT2D eigenvalue weighted by atomic mass is 10.1. The van der Waals surface area contributed by atoms with Gasteiger partial charge in [0, 0.05) is 24.2 Å². The maximum absolute atomic E-state index is 13.0. The van der Waals surface area contributed by atoms with Crippen LogP contribution < -0.4 is 15.8 Å². The molecule has 2 aromatic carbocycles. The van der Waals surface area contributed by atoms with Gasteiger partial charge in [-0.1, -0.05) is 0 Å². The minimum atomic E-state index is -0.652. The summed E-state index contributed by atoms with van der Waals surface area (Å²) in [4.78, 5) is 37.6. The van der Waals surface area contributed by atoms with E-state index in [-0.39, 0.29) is 24.4 Å². The molecule has 2 aromatic rings. The van der Waals surface area contributed by atoms with Crippen LogP contribution in [0.5, 0.6) is 0 Å². The van der Waals surface area contributed by atoms with E-state index in [2.05, 4.69) is 10.9 Å². The van der Waals surface area contributed by atoms with Gasteiger partial charge in [0.15, 0.2) is 0 Å². The SMILES string of the molecule is O=C(NNC(=O)[C@H]1CC(=O)N(c2ccc(F)cc2)C1)c1ccc(F)cc1. The van der Waals surface area contributed by atoms with Gasteiger partial charge < -0.3 is 4.90 Å². The second-order valence-corrected chi connectivity index (χ2v) is 5.83. The number of hydrogen-bond donors (Lipinski definition) is 2. The molecule has 0 aliphatic carbocycles. The predicted molar refractivity (Wildman–Crippen MR) is 88.9 cm³/mol. The van der Waals surface area contributed by atoms with E-state index in [0.717, 1.165) is 12.1 Å². The maximum Gasteiger partial charge on any atom is 0.269 e. The Balaban J connectivity index is 1.57. The van der Waals surface area contributed by atoms with Crippen LogP contribution in [0.4, 0.5) is 14.5 Å². The normalized spacial score (nSPS) is 16.5.